The average Bonchev–Trinajstić information content (AvgIpc) is 2.87. The molecule has 3 aromatic rings. The van der Waals surface area contributed by atoms with Crippen molar-refractivity contribution in [3.8, 4) is 17.2 Å². The molecule has 1 N–H and O–H groups in total. The van der Waals surface area contributed by atoms with Crippen LogP contribution in [0.25, 0.3) is 0 Å². The van der Waals surface area contributed by atoms with Crippen molar-refractivity contribution in [2.45, 2.75) is 17.9 Å². The van der Waals surface area contributed by atoms with Crippen molar-refractivity contribution >= 4 is 21.6 Å². The molecule has 1 unspecified atom stereocenters. The number of ether oxygens (including phenoxy) is 3. The van der Waals surface area contributed by atoms with Crippen LogP contribution in [0.3, 0.4) is 0 Å². The summed E-state index contributed by atoms with van der Waals surface area (Å²) in [5, 5.41) is 2.86. The second-order valence-electron chi connectivity index (χ2n) is 7.43. The molecule has 1 amide bonds. The molecule has 180 valence electrons. The first-order chi connectivity index (χ1) is 16.3. The quantitative estimate of drug-likeness (QED) is 0.471. The van der Waals surface area contributed by atoms with Crippen LogP contribution in [0, 0.1) is 0 Å². The van der Waals surface area contributed by atoms with E-state index >= 15 is 0 Å². The fourth-order valence-electron chi connectivity index (χ4n) is 3.42. The second kappa shape index (κ2) is 10.9. The Morgan fingerprint density at radius 1 is 0.882 bits per heavy atom. The largest absolute Gasteiger partial charge is 0.497 e. The van der Waals surface area contributed by atoms with Crippen LogP contribution in [0.4, 0.5) is 5.69 Å². The number of nitrogens with zero attached hydrogens (tertiary/aromatic N) is 1. The van der Waals surface area contributed by atoms with E-state index in [0.717, 1.165) is 9.87 Å². The van der Waals surface area contributed by atoms with Gasteiger partial charge in [0.1, 0.15) is 12.3 Å². The number of sulfonamides is 1. The molecule has 0 aliphatic rings. The minimum atomic E-state index is -4.01. The van der Waals surface area contributed by atoms with Crippen molar-refractivity contribution in [2.24, 2.45) is 0 Å². The van der Waals surface area contributed by atoms with Gasteiger partial charge in [0.25, 0.3) is 10.0 Å². The van der Waals surface area contributed by atoms with Crippen molar-refractivity contribution in [2.75, 3.05) is 32.2 Å². The molecule has 3 rings (SSSR count). The van der Waals surface area contributed by atoms with E-state index in [-0.39, 0.29) is 4.90 Å². The van der Waals surface area contributed by atoms with Gasteiger partial charge in [0.2, 0.25) is 5.91 Å². The third-order valence-electron chi connectivity index (χ3n) is 5.24. The molecule has 0 fully saturated rings. The highest BCUT2D eigenvalue weighted by atomic mass is 32.2. The molecule has 0 heterocycles. The van der Waals surface area contributed by atoms with E-state index < -0.39 is 28.5 Å². The Balaban J connectivity index is 1.88. The molecule has 3 aromatic carbocycles. The Hall–Kier alpha value is -3.72. The topological polar surface area (TPSA) is 94.2 Å². The lowest BCUT2D eigenvalue weighted by Gasteiger charge is -2.25. The van der Waals surface area contributed by atoms with Crippen molar-refractivity contribution < 1.29 is 27.4 Å². The van der Waals surface area contributed by atoms with Crippen LogP contribution >= 0.6 is 0 Å². The van der Waals surface area contributed by atoms with Crippen LogP contribution < -0.4 is 23.8 Å². The molecule has 0 aliphatic carbocycles. The molecular weight excluding hydrogens is 456 g/mol. The number of hydrogen-bond donors (Lipinski definition) is 1. The van der Waals surface area contributed by atoms with Crippen molar-refractivity contribution in [1.82, 2.24) is 5.32 Å². The SMILES string of the molecule is COc1cccc(N(CC(=O)NC(C)c2ccc(OC)c(OC)c2)S(=O)(=O)c2ccccc2)c1. The molecule has 0 bridgehead atoms. The first-order valence-electron chi connectivity index (χ1n) is 10.5. The van der Waals surface area contributed by atoms with Gasteiger partial charge in [0, 0.05) is 6.07 Å². The molecule has 0 saturated heterocycles. The minimum Gasteiger partial charge on any atom is -0.497 e. The highest BCUT2D eigenvalue weighted by Crippen LogP contribution is 2.30. The van der Waals surface area contributed by atoms with Crippen LogP contribution in [-0.2, 0) is 14.8 Å². The Bertz CT molecular complexity index is 1230. The van der Waals surface area contributed by atoms with Crippen LogP contribution in [0.1, 0.15) is 18.5 Å². The number of methoxy groups -OCH3 is 3. The number of amides is 1. The third-order valence-corrected chi connectivity index (χ3v) is 7.03. The summed E-state index contributed by atoms with van der Waals surface area (Å²) in [6.07, 6.45) is 0. The molecule has 0 radical (unpaired) electrons. The van der Waals surface area contributed by atoms with Gasteiger partial charge in [-0.1, -0.05) is 30.3 Å². The van der Waals surface area contributed by atoms with Gasteiger partial charge in [-0.05, 0) is 48.9 Å². The van der Waals surface area contributed by atoms with E-state index in [9.17, 15) is 13.2 Å². The zero-order valence-electron chi connectivity index (χ0n) is 19.5. The van der Waals surface area contributed by atoms with Gasteiger partial charge >= 0.3 is 0 Å². The summed E-state index contributed by atoms with van der Waals surface area (Å²) in [4.78, 5) is 13.1. The zero-order valence-corrected chi connectivity index (χ0v) is 20.3. The molecule has 0 aromatic heterocycles. The van der Waals surface area contributed by atoms with Gasteiger partial charge in [-0.25, -0.2) is 8.42 Å². The lowest BCUT2D eigenvalue weighted by atomic mass is 10.1. The highest BCUT2D eigenvalue weighted by molar-refractivity contribution is 7.92. The molecule has 0 aliphatic heterocycles. The summed E-state index contributed by atoms with van der Waals surface area (Å²) in [6.45, 7) is 1.39. The number of nitrogens with one attached hydrogen (secondary N) is 1. The van der Waals surface area contributed by atoms with Crippen LogP contribution in [-0.4, -0.2) is 42.2 Å². The monoisotopic (exact) mass is 484 g/mol. The maximum Gasteiger partial charge on any atom is 0.264 e. The maximum absolute atomic E-state index is 13.5. The molecule has 1 atom stereocenters. The Labute approximate surface area is 200 Å². The van der Waals surface area contributed by atoms with Gasteiger partial charge in [-0.15, -0.1) is 0 Å². The third kappa shape index (κ3) is 5.60. The average molecular weight is 485 g/mol. The fourth-order valence-corrected chi connectivity index (χ4v) is 4.86. The lowest BCUT2D eigenvalue weighted by molar-refractivity contribution is -0.120. The number of anilines is 1. The first-order valence-corrected chi connectivity index (χ1v) is 12.0. The van der Waals surface area contributed by atoms with E-state index in [0.29, 0.717) is 22.9 Å². The smallest absolute Gasteiger partial charge is 0.264 e. The molecule has 9 heteroatoms. The molecular formula is C25H28N2O6S. The van der Waals surface area contributed by atoms with Crippen molar-refractivity contribution in [3.05, 3.63) is 78.4 Å². The molecule has 8 nitrogen and oxygen atoms in total. The number of rotatable bonds is 10. The van der Waals surface area contributed by atoms with Crippen molar-refractivity contribution in [1.29, 1.82) is 0 Å². The maximum atomic E-state index is 13.5. The van der Waals surface area contributed by atoms with Gasteiger partial charge < -0.3 is 19.5 Å². The lowest BCUT2D eigenvalue weighted by Crippen LogP contribution is -2.41. The summed E-state index contributed by atoms with van der Waals surface area (Å²) in [7, 11) is 0.557. The molecule has 0 saturated carbocycles. The van der Waals surface area contributed by atoms with E-state index in [1.165, 1.54) is 26.4 Å². The van der Waals surface area contributed by atoms with Gasteiger partial charge in [0.05, 0.1) is 38.0 Å². The standard InChI is InChI=1S/C25H28N2O6S/c1-18(19-13-14-23(32-3)24(15-19)33-4)26-25(28)17-27(20-9-8-10-21(16-20)31-2)34(29,30)22-11-6-5-7-12-22/h5-16,18H,17H2,1-4H3,(H,26,28). The second-order valence-corrected chi connectivity index (χ2v) is 9.29. The number of carbonyl (C=O) groups is 1. The zero-order chi connectivity index (χ0) is 24.7. The predicted molar refractivity (Wildman–Crippen MR) is 130 cm³/mol. The summed E-state index contributed by atoms with van der Waals surface area (Å²) in [5.74, 6) is 1.11. The van der Waals surface area contributed by atoms with Gasteiger partial charge in [-0.3, -0.25) is 9.10 Å². The number of hydrogen-bond acceptors (Lipinski definition) is 6. The van der Waals surface area contributed by atoms with Crippen LogP contribution in [0.5, 0.6) is 17.2 Å². The van der Waals surface area contributed by atoms with E-state index in [4.69, 9.17) is 14.2 Å². The van der Waals surface area contributed by atoms with Gasteiger partial charge in [0.15, 0.2) is 11.5 Å². The number of benzene rings is 3. The fraction of sp³-hybridized carbons (Fsp3) is 0.240. The Morgan fingerprint density at radius 2 is 1.59 bits per heavy atom. The van der Waals surface area contributed by atoms with Gasteiger partial charge in [-0.2, -0.15) is 0 Å². The number of carbonyl (C=O) groups excluding carboxylic acids is 1. The highest BCUT2D eigenvalue weighted by Gasteiger charge is 2.28. The molecule has 0 spiro atoms. The Kier molecular flexibility index (Phi) is 8.01. The normalized spacial score (nSPS) is 11.9. The summed E-state index contributed by atoms with van der Waals surface area (Å²) in [6, 6.07) is 19.5. The van der Waals surface area contributed by atoms with Crippen LogP contribution in [0.15, 0.2) is 77.7 Å². The molecule has 34 heavy (non-hydrogen) atoms. The first kappa shape index (κ1) is 24.9. The van der Waals surface area contributed by atoms with Crippen molar-refractivity contribution in [3.63, 3.8) is 0 Å². The van der Waals surface area contributed by atoms with Crippen LogP contribution in [0.2, 0.25) is 0 Å². The summed E-state index contributed by atoms with van der Waals surface area (Å²) < 4.78 is 43.8. The van der Waals surface area contributed by atoms with E-state index in [1.807, 2.05) is 6.07 Å². The predicted octanol–water partition coefficient (Wildman–Crippen LogP) is 3.79. The van der Waals surface area contributed by atoms with E-state index in [2.05, 4.69) is 5.32 Å². The minimum absolute atomic E-state index is 0.0820. The Morgan fingerprint density at radius 3 is 2.24 bits per heavy atom. The summed E-state index contributed by atoms with van der Waals surface area (Å²) >= 11 is 0. The summed E-state index contributed by atoms with van der Waals surface area (Å²) in [5.41, 5.74) is 1.10. The van der Waals surface area contributed by atoms with E-state index in [1.54, 1.807) is 68.6 Å².